The van der Waals surface area contributed by atoms with Crippen LogP contribution >= 0.6 is 0 Å². The smallest absolute Gasteiger partial charge is 0.251 e. The van der Waals surface area contributed by atoms with Crippen LogP contribution in [0.15, 0.2) is 54.9 Å². The number of piperidine rings is 1. The molecule has 5 nitrogen and oxygen atoms in total. The molecular formula is C23H27N3O2. The summed E-state index contributed by atoms with van der Waals surface area (Å²) in [6.45, 7) is 0. The van der Waals surface area contributed by atoms with Crippen molar-refractivity contribution < 1.29 is 9.59 Å². The van der Waals surface area contributed by atoms with E-state index in [1.165, 1.54) is 5.56 Å². The van der Waals surface area contributed by atoms with Gasteiger partial charge in [0.25, 0.3) is 5.91 Å². The number of rotatable bonds is 6. The van der Waals surface area contributed by atoms with Crippen molar-refractivity contribution in [2.45, 2.75) is 63.1 Å². The van der Waals surface area contributed by atoms with Gasteiger partial charge < -0.3 is 10.2 Å². The molecule has 2 atom stereocenters. The molecule has 2 saturated heterocycles. The molecule has 1 aromatic carbocycles. The molecule has 28 heavy (non-hydrogen) atoms. The summed E-state index contributed by atoms with van der Waals surface area (Å²) in [5.74, 6) is 0.233. The highest BCUT2D eigenvalue weighted by molar-refractivity contribution is 5.94. The molecular weight excluding hydrogens is 350 g/mol. The summed E-state index contributed by atoms with van der Waals surface area (Å²) in [6.07, 6.45) is 9.53. The van der Waals surface area contributed by atoms with Crippen molar-refractivity contribution in [3.63, 3.8) is 0 Å². The standard InChI is InChI=1S/C23H27N3O2/c27-22(8-4-7-17-5-2-1-3-6-17)26-20-9-10-21(26)16-19(15-20)25-23(28)18-11-13-24-14-12-18/h1-3,5-6,11-14,19-21H,4,7-10,15-16H2,(H,25,28). The van der Waals surface area contributed by atoms with Gasteiger partial charge in [-0.25, -0.2) is 0 Å². The van der Waals surface area contributed by atoms with Crippen LogP contribution in [0.3, 0.4) is 0 Å². The monoisotopic (exact) mass is 377 g/mol. The van der Waals surface area contributed by atoms with Gasteiger partial charge in [0.1, 0.15) is 0 Å². The van der Waals surface area contributed by atoms with Crippen molar-refractivity contribution in [1.82, 2.24) is 15.2 Å². The zero-order chi connectivity index (χ0) is 19.3. The molecule has 2 amide bonds. The molecule has 0 saturated carbocycles. The van der Waals surface area contributed by atoms with Crippen LogP contribution < -0.4 is 5.32 Å². The van der Waals surface area contributed by atoms with Gasteiger partial charge in [-0.1, -0.05) is 30.3 Å². The summed E-state index contributed by atoms with van der Waals surface area (Å²) in [5.41, 5.74) is 1.93. The molecule has 2 unspecified atom stereocenters. The van der Waals surface area contributed by atoms with Crippen LogP contribution in [-0.4, -0.2) is 39.8 Å². The Morgan fingerprint density at radius 3 is 2.36 bits per heavy atom. The lowest BCUT2D eigenvalue weighted by Crippen LogP contribution is -2.52. The lowest BCUT2D eigenvalue weighted by atomic mass is 9.96. The fourth-order valence-electron chi connectivity index (χ4n) is 4.69. The van der Waals surface area contributed by atoms with E-state index in [1.54, 1.807) is 24.5 Å². The van der Waals surface area contributed by atoms with E-state index in [0.29, 0.717) is 12.0 Å². The largest absolute Gasteiger partial charge is 0.349 e. The zero-order valence-corrected chi connectivity index (χ0v) is 16.1. The fourth-order valence-corrected chi connectivity index (χ4v) is 4.69. The van der Waals surface area contributed by atoms with Crippen LogP contribution in [0.2, 0.25) is 0 Å². The molecule has 1 aromatic heterocycles. The summed E-state index contributed by atoms with van der Waals surface area (Å²) in [7, 11) is 0. The maximum absolute atomic E-state index is 12.8. The van der Waals surface area contributed by atoms with Gasteiger partial charge in [-0.3, -0.25) is 14.6 Å². The minimum Gasteiger partial charge on any atom is -0.349 e. The van der Waals surface area contributed by atoms with E-state index in [9.17, 15) is 9.59 Å². The number of pyridine rings is 1. The molecule has 2 aliphatic heterocycles. The molecule has 5 heteroatoms. The first kappa shape index (κ1) is 18.7. The summed E-state index contributed by atoms with van der Waals surface area (Å²) in [4.78, 5) is 31.3. The number of nitrogens with one attached hydrogen (secondary N) is 1. The average molecular weight is 377 g/mol. The lowest BCUT2D eigenvalue weighted by molar-refractivity contribution is -0.135. The highest BCUT2D eigenvalue weighted by atomic mass is 16.2. The molecule has 4 rings (SSSR count). The highest BCUT2D eigenvalue weighted by Gasteiger charge is 2.43. The van der Waals surface area contributed by atoms with E-state index in [2.05, 4.69) is 27.3 Å². The maximum Gasteiger partial charge on any atom is 0.251 e. The van der Waals surface area contributed by atoms with Crippen LogP contribution in [0.5, 0.6) is 0 Å². The molecule has 2 bridgehead atoms. The number of benzene rings is 1. The van der Waals surface area contributed by atoms with Gasteiger partial charge in [0.15, 0.2) is 0 Å². The summed E-state index contributed by atoms with van der Waals surface area (Å²) >= 11 is 0. The van der Waals surface area contributed by atoms with Crippen molar-refractivity contribution in [3.8, 4) is 0 Å². The Bertz CT molecular complexity index is 795. The Labute approximate surface area is 166 Å². The lowest BCUT2D eigenvalue weighted by Gasteiger charge is -2.39. The molecule has 146 valence electrons. The van der Waals surface area contributed by atoms with Crippen molar-refractivity contribution in [3.05, 3.63) is 66.0 Å². The molecule has 1 N–H and O–H groups in total. The van der Waals surface area contributed by atoms with E-state index in [4.69, 9.17) is 0 Å². The SMILES string of the molecule is O=C(NC1CC2CCC(C1)N2C(=O)CCCc1ccccc1)c1ccncc1. The number of nitrogens with zero attached hydrogens (tertiary/aromatic N) is 2. The minimum absolute atomic E-state index is 0.0468. The first-order valence-electron chi connectivity index (χ1n) is 10.3. The van der Waals surface area contributed by atoms with E-state index in [-0.39, 0.29) is 29.9 Å². The molecule has 0 radical (unpaired) electrons. The van der Waals surface area contributed by atoms with Gasteiger partial charge in [-0.05, 0) is 56.2 Å². The van der Waals surface area contributed by atoms with Crippen LogP contribution in [0.1, 0.15) is 54.4 Å². The zero-order valence-electron chi connectivity index (χ0n) is 16.1. The Balaban J connectivity index is 1.28. The third-order valence-electron chi connectivity index (χ3n) is 6.00. The number of hydrogen-bond acceptors (Lipinski definition) is 3. The van der Waals surface area contributed by atoms with Crippen LogP contribution in [-0.2, 0) is 11.2 Å². The molecule has 2 fully saturated rings. The van der Waals surface area contributed by atoms with Crippen molar-refractivity contribution in [2.75, 3.05) is 0 Å². The van der Waals surface area contributed by atoms with E-state index < -0.39 is 0 Å². The van der Waals surface area contributed by atoms with Gasteiger partial charge in [-0.15, -0.1) is 0 Å². The number of amides is 2. The van der Waals surface area contributed by atoms with E-state index in [0.717, 1.165) is 38.5 Å². The number of carbonyl (C=O) groups is 2. The molecule has 2 aromatic rings. The fraction of sp³-hybridized carbons (Fsp3) is 0.435. The molecule has 0 spiro atoms. The Kier molecular flexibility index (Phi) is 5.70. The van der Waals surface area contributed by atoms with Crippen LogP contribution in [0.25, 0.3) is 0 Å². The number of carbonyl (C=O) groups excluding carboxylic acids is 2. The summed E-state index contributed by atoms with van der Waals surface area (Å²) in [6, 6.07) is 14.5. The van der Waals surface area contributed by atoms with Crippen LogP contribution in [0, 0.1) is 0 Å². The number of hydrogen-bond donors (Lipinski definition) is 1. The second kappa shape index (κ2) is 8.55. The molecule has 0 aliphatic carbocycles. The normalized spacial score (nSPS) is 23.4. The van der Waals surface area contributed by atoms with Crippen molar-refractivity contribution in [1.29, 1.82) is 0 Å². The minimum atomic E-state index is -0.0468. The number of aryl methyl sites for hydroxylation is 1. The predicted molar refractivity (Wildman–Crippen MR) is 108 cm³/mol. The van der Waals surface area contributed by atoms with Crippen molar-refractivity contribution in [2.24, 2.45) is 0 Å². The first-order valence-corrected chi connectivity index (χ1v) is 10.3. The van der Waals surface area contributed by atoms with Gasteiger partial charge in [0, 0.05) is 42.5 Å². The number of fused-ring (bicyclic) bond motifs is 2. The van der Waals surface area contributed by atoms with Crippen LogP contribution in [0.4, 0.5) is 0 Å². The van der Waals surface area contributed by atoms with Gasteiger partial charge in [0.05, 0.1) is 0 Å². The number of aromatic nitrogens is 1. The van der Waals surface area contributed by atoms with E-state index in [1.807, 2.05) is 18.2 Å². The predicted octanol–water partition coefficient (Wildman–Crippen LogP) is 3.36. The average Bonchev–Trinajstić information content (AvgIpc) is 3.00. The Hall–Kier alpha value is -2.69. The third kappa shape index (κ3) is 4.24. The van der Waals surface area contributed by atoms with Gasteiger partial charge in [-0.2, -0.15) is 0 Å². The van der Waals surface area contributed by atoms with Crippen molar-refractivity contribution >= 4 is 11.8 Å². The summed E-state index contributed by atoms with van der Waals surface area (Å²) in [5, 5.41) is 3.16. The first-order chi connectivity index (χ1) is 13.7. The van der Waals surface area contributed by atoms with Gasteiger partial charge in [0.2, 0.25) is 5.91 Å². The third-order valence-corrected chi connectivity index (χ3v) is 6.00. The quantitative estimate of drug-likeness (QED) is 0.840. The highest BCUT2D eigenvalue weighted by Crippen LogP contribution is 2.36. The van der Waals surface area contributed by atoms with Gasteiger partial charge >= 0.3 is 0 Å². The Morgan fingerprint density at radius 1 is 1.00 bits per heavy atom. The second-order valence-electron chi connectivity index (χ2n) is 7.90. The second-order valence-corrected chi connectivity index (χ2v) is 7.90. The summed E-state index contributed by atoms with van der Waals surface area (Å²) < 4.78 is 0. The Morgan fingerprint density at radius 2 is 1.68 bits per heavy atom. The maximum atomic E-state index is 12.8. The van der Waals surface area contributed by atoms with E-state index >= 15 is 0 Å². The molecule has 2 aliphatic rings. The topological polar surface area (TPSA) is 62.3 Å². The molecule has 3 heterocycles.